The smallest absolute Gasteiger partial charge is 0.411 e. The summed E-state index contributed by atoms with van der Waals surface area (Å²) in [6.45, 7) is 0. The van der Waals surface area contributed by atoms with E-state index in [9.17, 15) is 9.18 Å². The van der Waals surface area contributed by atoms with Crippen molar-refractivity contribution in [3.63, 3.8) is 0 Å². The second kappa shape index (κ2) is 7.89. The van der Waals surface area contributed by atoms with Crippen LogP contribution in [0, 0.1) is 5.82 Å². The summed E-state index contributed by atoms with van der Waals surface area (Å²) in [7, 11) is 4.55. The molecule has 3 heterocycles. The van der Waals surface area contributed by atoms with Crippen LogP contribution in [0.4, 0.5) is 14.9 Å². The van der Waals surface area contributed by atoms with Crippen LogP contribution in [0.25, 0.3) is 11.1 Å². The van der Waals surface area contributed by atoms with Crippen molar-refractivity contribution in [3.8, 4) is 11.1 Å². The van der Waals surface area contributed by atoms with Crippen molar-refractivity contribution in [1.82, 2.24) is 0 Å². The summed E-state index contributed by atoms with van der Waals surface area (Å²) in [4.78, 5) is 12.5. The minimum absolute atomic E-state index is 0. The second-order valence-corrected chi connectivity index (χ2v) is 8.62. The molecule has 4 nitrogen and oxygen atoms in total. The molecule has 2 bridgehead atoms. The number of carbonyl (C=O) groups is 1. The van der Waals surface area contributed by atoms with Crippen molar-refractivity contribution in [2.75, 3.05) is 19.4 Å². The van der Waals surface area contributed by atoms with Gasteiger partial charge in [0.25, 0.3) is 0 Å². The number of anilines is 1. The van der Waals surface area contributed by atoms with Gasteiger partial charge in [-0.25, -0.2) is 9.18 Å². The number of halogens is 2. The Labute approximate surface area is 173 Å². The standard InChI is InChI=1S/C20H23FN2O2S.BrH/c1-23(2)15-4-5-16(23)11-17(10-15)25-20(24)22-19-9-14(21)3-6-18(19)13-7-8-26-12-13;/h3,6-9,12,15-17H,4-5,10-11H2,1-2H3;1H. The molecule has 0 aliphatic carbocycles. The number of fused-ring (bicyclic) bond motifs is 2. The van der Waals surface area contributed by atoms with Crippen LogP contribution in [0.15, 0.2) is 35.0 Å². The van der Waals surface area contributed by atoms with Gasteiger partial charge in [0.15, 0.2) is 0 Å². The Balaban J connectivity index is 0.00000210. The lowest BCUT2D eigenvalue weighted by molar-refractivity contribution is -0.931. The third kappa shape index (κ3) is 4.05. The van der Waals surface area contributed by atoms with Crippen LogP contribution >= 0.6 is 11.3 Å². The van der Waals surface area contributed by atoms with Gasteiger partial charge in [-0.2, -0.15) is 11.3 Å². The Kier molecular flexibility index (Phi) is 5.93. The average Bonchev–Trinajstić information content (AvgIpc) is 3.11. The first-order valence-electron chi connectivity index (χ1n) is 9.06. The predicted octanol–water partition coefficient (Wildman–Crippen LogP) is 1.88. The lowest BCUT2D eigenvalue weighted by Crippen LogP contribution is -3.00. The van der Waals surface area contributed by atoms with E-state index in [2.05, 4.69) is 19.4 Å². The van der Waals surface area contributed by atoms with Gasteiger partial charge in [0.1, 0.15) is 11.9 Å². The van der Waals surface area contributed by atoms with E-state index in [1.54, 1.807) is 17.4 Å². The highest BCUT2D eigenvalue weighted by molar-refractivity contribution is 7.08. The van der Waals surface area contributed by atoms with Gasteiger partial charge in [-0.15, -0.1) is 0 Å². The van der Waals surface area contributed by atoms with Gasteiger partial charge in [-0.1, -0.05) is 0 Å². The molecular formula is C20H24BrFN2O2S. The monoisotopic (exact) mass is 454 g/mol. The largest absolute Gasteiger partial charge is 1.00 e. The first-order chi connectivity index (χ1) is 12.4. The molecule has 1 aromatic heterocycles. The Morgan fingerprint density at radius 1 is 1.22 bits per heavy atom. The molecule has 4 rings (SSSR count). The van der Waals surface area contributed by atoms with E-state index in [0.29, 0.717) is 17.8 Å². The predicted molar refractivity (Wildman–Crippen MR) is 102 cm³/mol. The minimum Gasteiger partial charge on any atom is -1.00 e. The zero-order chi connectivity index (χ0) is 18.3. The molecule has 2 aliphatic heterocycles. The van der Waals surface area contributed by atoms with E-state index in [-0.39, 0.29) is 28.9 Å². The molecule has 2 unspecified atom stereocenters. The molecule has 7 heteroatoms. The molecule has 0 radical (unpaired) electrons. The van der Waals surface area contributed by atoms with E-state index in [1.807, 2.05) is 16.8 Å². The number of benzene rings is 1. The summed E-state index contributed by atoms with van der Waals surface area (Å²) in [5, 5.41) is 6.69. The number of hydrogen-bond donors (Lipinski definition) is 1. The third-order valence-corrected chi connectivity index (χ3v) is 6.79. The van der Waals surface area contributed by atoms with E-state index in [4.69, 9.17) is 4.74 Å². The minimum atomic E-state index is -0.497. The second-order valence-electron chi connectivity index (χ2n) is 7.84. The van der Waals surface area contributed by atoms with Crippen molar-refractivity contribution in [2.24, 2.45) is 0 Å². The fourth-order valence-corrected chi connectivity index (χ4v) is 5.16. The molecule has 2 saturated heterocycles. The highest BCUT2D eigenvalue weighted by atomic mass is 79.9. The van der Waals surface area contributed by atoms with Gasteiger partial charge in [-0.3, -0.25) is 5.32 Å². The number of quaternary nitrogens is 1. The summed E-state index contributed by atoms with van der Waals surface area (Å²) < 4.78 is 20.4. The first kappa shape index (κ1) is 20.3. The fourth-order valence-electron chi connectivity index (χ4n) is 4.51. The molecule has 1 aromatic carbocycles. The molecule has 27 heavy (non-hydrogen) atoms. The molecule has 1 N–H and O–H groups in total. The van der Waals surface area contributed by atoms with Crippen LogP contribution in [0.1, 0.15) is 25.7 Å². The lowest BCUT2D eigenvalue weighted by atomic mass is 9.98. The van der Waals surface area contributed by atoms with Gasteiger partial charge in [0.05, 0.1) is 31.9 Å². The van der Waals surface area contributed by atoms with E-state index >= 15 is 0 Å². The van der Waals surface area contributed by atoms with E-state index < -0.39 is 6.09 Å². The number of piperidine rings is 1. The SMILES string of the molecule is C[N+]1(C)C2CCC1CC(OC(=O)Nc1cc(F)ccc1-c1ccsc1)C2.[Br-]. The molecule has 0 spiro atoms. The zero-order valence-corrected chi connectivity index (χ0v) is 17.9. The summed E-state index contributed by atoms with van der Waals surface area (Å²) in [5.74, 6) is -0.381. The molecule has 2 aliphatic rings. The topological polar surface area (TPSA) is 38.3 Å². The van der Waals surface area contributed by atoms with Crippen LogP contribution in [-0.4, -0.2) is 42.9 Å². The van der Waals surface area contributed by atoms with Crippen molar-refractivity contribution >= 4 is 23.1 Å². The number of carbonyl (C=O) groups excluding carboxylic acids is 1. The number of rotatable bonds is 3. The number of ether oxygens (including phenoxy) is 1. The molecule has 2 fully saturated rings. The molecule has 0 saturated carbocycles. The number of nitrogens with one attached hydrogen (secondary N) is 1. The fraction of sp³-hybridized carbons (Fsp3) is 0.450. The van der Waals surface area contributed by atoms with Crippen molar-refractivity contribution in [2.45, 2.75) is 43.9 Å². The molecule has 1 amide bonds. The van der Waals surface area contributed by atoms with Crippen LogP contribution in [0.2, 0.25) is 0 Å². The van der Waals surface area contributed by atoms with E-state index in [0.717, 1.165) is 28.5 Å². The summed E-state index contributed by atoms with van der Waals surface area (Å²) in [6.07, 6.45) is 3.64. The van der Waals surface area contributed by atoms with Crippen LogP contribution in [-0.2, 0) is 4.74 Å². The van der Waals surface area contributed by atoms with Crippen molar-refractivity contribution < 1.29 is 35.4 Å². The maximum atomic E-state index is 13.7. The highest BCUT2D eigenvalue weighted by Crippen LogP contribution is 2.40. The van der Waals surface area contributed by atoms with Crippen molar-refractivity contribution in [1.29, 1.82) is 0 Å². The number of nitrogens with zero attached hydrogens (tertiary/aromatic N) is 1. The molecule has 2 aromatic rings. The summed E-state index contributed by atoms with van der Waals surface area (Å²) in [6, 6.07) is 7.51. The quantitative estimate of drug-likeness (QED) is 0.718. The zero-order valence-electron chi connectivity index (χ0n) is 15.5. The Hall–Kier alpha value is -1.44. The maximum absolute atomic E-state index is 13.7. The maximum Gasteiger partial charge on any atom is 0.411 e. The summed E-state index contributed by atoms with van der Waals surface area (Å²) in [5.41, 5.74) is 2.20. The normalized spacial score (nSPS) is 25.5. The Morgan fingerprint density at radius 2 is 1.93 bits per heavy atom. The number of thiophene rings is 1. The summed E-state index contributed by atoms with van der Waals surface area (Å²) >= 11 is 1.56. The molecule has 2 atom stereocenters. The number of hydrogen-bond acceptors (Lipinski definition) is 3. The van der Waals surface area contributed by atoms with Gasteiger partial charge in [0, 0.05) is 31.2 Å². The number of amides is 1. The van der Waals surface area contributed by atoms with Crippen LogP contribution in [0.3, 0.4) is 0 Å². The van der Waals surface area contributed by atoms with Crippen LogP contribution < -0.4 is 22.3 Å². The third-order valence-electron chi connectivity index (χ3n) is 6.11. The van der Waals surface area contributed by atoms with Gasteiger partial charge < -0.3 is 26.2 Å². The average molecular weight is 455 g/mol. The Morgan fingerprint density at radius 3 is 2.56 bits per heavy atom. The van der Waals surface area contributed by atoms with Gasteiger partial charge >= 0.3 is 6.09 Å². The Bertz CT molecular complexity index is 796. The van der Waals surface area contributed by atoms with Crippen LogP contribution in [0.5, 0.6) is 0 Å². The molecular weight excluding hydrogens is 431 g/mol. The van der Waals surface area contributed by atoms with E-state index in [1.165, 1.54) is 25.0 Å². The van der Waals surface area contributed by atoms with Gasteiger partial charge in [-0.05, 0) is 40.6 Å². The molecule has 146 valence electrons. The van der Waals surface area contributed by atoms with Crippen molar-refractivity contribution in [3.05, 3.63) is 40.8 Å². The lowest BCUT2D eigenvalue weighted by Gasteiger charge is -2.43. The van der Waals surface area contributed by atoms with Gasteiger partial charge in [0.2, 0.25) is 0 Å². The first-order valence-corrected chi connectivity index (χ1v) is 10.0. The highest BCUT2D eigenvalue weighted by Gasteiger charge is 2.49.